The molecule has 0 aliphatic carbocycles. The fourth-order valence-corrected chi connectivity index (χ4v) is 5.99. The maximum atomic E-state index is 12.7. The molecule has 0 fully saturated rings. The van der Waals surface area contributed by atoms with Gasteiger partial charge < -0.3 is 14.0 Å². The summed E-state index contributed by atoms with van der Waals surface area (Å²) in [6.07, 6.45) is 0.913. The van der Waals surface area contributed by atoms with E-state index < -0.39 is 30.6 Å². The van der Waals surface area contributed by atoms with E-state index in [-0.39, 0.29) is 138 Å². The van der Waals surface area contributed by atoms with Crippen LogP contribution in [-0.2, 0) is 33.2 Å². The van der Waals surface area contributed by atoms with Gasteiger partial charge in [0.25, 0.3) is 0 Å². The van der Waals surface area contributed by atoms with Crippen LogP contribution in [-0.4, -0.2) is 39.2 Å². The fourth-order valence-electron chi connectivity index (χ4n) is 4.57. The van der Waals surface area contributed by atoms with Gasteiger partial charge in [0, 0.05) is 40.6 Å². The average molecular weight is 734 g/mol. The van der Waals surface area contributed by atoms with E-state index in [1.165, 1.54) is 0 Å². The molecule has 0 saturated carbocycles. The van der Waals surface area contributed by atoms with Gasteiger partial charge in [0.15, 0.2) is 21.4 Å². The molecular weight excluding hydrogens is 707 g/mol. The van der Waals surface area contributed by atoms with E-state index in [1.54, 1.807) is 109 Å². The summed E-state index contributed by atoms with van der Waals surface area (Å²) in [7, 11) is -9.11. The molecule has 5 aromatic carbocycles. The Hall–Kier alpha value is -1.83. The largest absolute Gasteiger partial charge is 1.00 e. The van der Waals surface area contributed by atoms with Crippen molar-refractivity contribution in [3.05, 3.63) is 155 Å². The van der Waals surface area contributed by atoms with E-state index >= 15 is 0 Å². The number of carbonyl (C=O) groups is 2. The summed E-state index contributed by atoms with van der Waals surface area (Å²) in [4.78, 5) is 24.2. The maximum absolute atomic E-state index is 12.7. The van der Waals surface area contributed by atoms with Crippen molar-refractivity contribution < 1.29 is 143 Å². The first-order valence-corrected chi connectivity index (χ1v) is 17.2. The molecule has 0 aliphatic rings. The van der Waals surface area contributed by atoms with Crippen LogP contribution in [0.15, 0.2) is 131 Å². The Morgan fingerprint density at radius 3 is 1.23 bits per heavy atom. The summed E-state index contributed by atoms with van der Waals surface area (Å²) in [6.45, 7) is -0.408. The fraction of sp³-hybridized carbons (Fsp3) is 0.0857. The third-order valence-corrected chi connectivity index (χ3v) is 8.95. The van der Waals surface area contributed by atoms with Crippen molar-refractivity contribution in [1.29, 1.82) is 0 Å². The zero-order valence-electron chi connectivity index (χ0n) is 26.5. The van der Waals surface area contributed by atoms with Gasteiger partial charge in [-0.25, -0.2) is 16.8 Å². The molecular formula is C35H27K2O9S2+. The predicted octanol–water partition coefficient (Wildman–Crippen LogP) is -0.378. The Labute approximate surface area is 364 Å². The Morgan fingerprint density at radius 1 is 0.542 bits per heavy atom. The van der Waals surface area contributed by atoms with Crippen molar-refractivity contribution in [3.63, 3.8) is 0 Å². The number of hydrogen-bond acceptors (Lipinski definition) is 9. The third kappa shape index (κ3) is 10.6. The summed E-state index contributed by atoms with van der Waals surface area (Å²) >= 11 is 0. The van der Waals surface area contributed by atoms with Crippen LogP contribution < -0.4 is 112 Å². The van der Waals surface area contributed by atoms with Crippen LogP contribution in [0.3, 0.4) is 0 Å². The van der Waals surface area contributed by atoms with Crippen LogP contribution in [0.2, 0.25) is 0 Å². The molecule has 0 amide bonds. The molecule has 234 valence electrons. The zero-order chi connectivity index (χ0) is 32.9. The Bertz CT molecular complexity index is 1950. The van der Waals surface area contributed by atoms with Gasteiger partial charge in [-0.15, -0.1) is 0 Å². The SMILES string of the molecule is CS(=O)(=O)c1cc(OCc2ccc(C(=O)c3ccccc3)cc2)c(S(=O)(=O)[O-])cc1OCc1ccc(C(=O)c2ccccc2)cc1.[K+].[K+]. The molecule has 5 aromatic rings. The molecule has 0 spiro atoms. The van der Waals surface area contributed by atoms with Crippen molar-refractivity contribution in [3.8, 4) is 11.5 Å². The number of hydrogen-bond donors (Lipinski definition) is 0. The summed E-state index contributed by atoms with van der Waals surface area (Å²) in [5.41, 5.74) is 3.00. The minimum absolute atomic E-state index is 0. The van der Waals surface area contributed by atoms with Crippen molar-refractivity contribution >= 4 is 31.5 Å². The summed E-state index contributed by atoms with van der Waals surface area (Å²) in [5, 5.41) is 0. The van der Waals surface area contributed by atoms with Gasteiger partial charge in [-0.1, -0.05) is 109 Å². The smallest absolute Gasteiger partial charge is 0.744 e. The van der Waals surface area contributed by atoms with Crippen molar-refractivity contribution in [2.75, 3.05) is 6.26 Å². The second kappa shape index (κ2) is 17.9. The molecule has 0 bridgehead atoms. The average Bonchev–Trinajstić information content (AvgIpc) is 3.06. The second-order valence-corrected chi connectivity index (χ2v) is 13.7. The van der Waals surface area contributed by atoms with Gasteiger partial charge >= 0.3 is 103 Å². The third-order valence-electron chi connectivity index (χ3n) is 6.97. The van der Waals surface area contributed by atoms with Crippen LogP contribution in [0.5, 0.6) is 11.5 Å². The minimum Gasteiger partial charge on any atom is -0.744 e. The zero-order valence-corrected chi connectivity index (χ0v) is 34.3. The molecule has 9 nitrogen and oxygen atoms in total. The molecule has 13 heteroatoms. The molecule has 0 saturated heterocycles. The van der Waals surface area contributed by atoms with Gasteiger partial charge in [-0.05, 0) is 11.1 Å². The molecule has 0 heterocycles. The Balaban J connectivity index is 0.00000312. The summed E-state index contributed by atoms with van der Waals surface area (Å²) in [5.74, 6) is -1.17. The van der Waals surface area contributed by atoms with Gasteiger partial charge in [-0.3, -0.25) is 9.59 Å². The van der Waals surface area contributed by atoms with Gasteiger partial charge in [0.2, 0.25) is 0 Å². The van der Waals surface area contributed by atoms with E-state index in [1.807, 2.05) is 0 Å². The van der Waals surface area contributed by atoms with E-state index in [4.69, 9.17) is 9.47 Å². The molecule has 0 unspecified atom stereocenters. The van der Waals surface area contributed by atoms with Crippen molar-refractivity contribution in [1.82, 2.24) is 0 Å². The topological polar surface area (TPSA) is 144 Å². The van der Waals surface area contributed by atoms with Crippen LogP contribution in [0.1, 0.15) is 43.0 Å². The van der Waals surface area contributed by atoms with E-state index in [2.05, 4.69) is 0 Å². The predicted molar refractivity (Wildman–Crippen MR) is 169 cm³/mol. The molecule has 0 N–H and O–H groups in total. The first-order valence-electron chi connectivity index (χ1n) is 13.9. The van der Waals surface area contributed by atoms with Crippen molar-refractivity contribution in [2.45, 2.75) is 23.0 Å². The molecule has 0 aliphatic heterocycles. The molecule has 5 rings (SSSR count). The first kappa shape index (κ1) is 40.6. The van der Waals surface area contributed by atoms with Gasteiger partial charge in [0.1, 0.15) is 44.6 Å². The van der Waals surface area contributed by atoms with Gasteiger partial charge in [0.05, 0.1) is 0 Å². The Kier molecular flexibility index (Phi) is 15.1. The maximum Gasteiger partial charge on any atom is 1.00 e. The molecule has 0 aromatic heterocycles. The monoisotopic (exact) mass is 733 g/mol. The number of rotatable bonds is 12. The number of ketones is 2. The van der Waals surface area contributed by atoms with Crippen LogP contribution in [0.4, 0.5) is 0 Å². The number of benzene rings is 5. The minimum atomic E-state index is -5.13. The molecule has 48 heavy (non-hydrogen) atoms. The van der Waals surface area contributed by atoms with Crippen molar-refractivity contribution in [2.24, 2.45) is 0 Å². The van der Waals surface area contributed by atoms with Crippen LogP contribution in [0, 0.1) is 0 Å². The number of ether oxygens (including phenoxy) is 2. The van der Waals surface area contributed by atoms with E-state index in [9.17, 15) is 31.0 Å². The van der Waals surface area contributed by atoms with Gasteiger partial charge in [-0.2, -0.15) is 0 Å². The van der Waals surface area contributed by atoms with Crippen LogP contribution in [0.25, 0.3) is 0 Å². The van der Waals surface area contributed by atoms with Crippen LogP contribution >= 0.6 is 0 Å². The van der Waals surface area contributed by atoms with E-state index in [0.717, 1.165) is 18.4 Å². The number of carbonyl (C=O) groups excluding carboxylic acids is 2. The second-order valence-electron chi connectivity index (χ2n) is 10.3. The molecule has 0 atom stereocenters. The number of sulfone groups is 1. The molecule has 0 radical (unpaired) electrons. The summed E-state index contributed by atoms with van der Waals surface area (Å²) in [6, 6.07) is 32.0. The normalized spacial score (nSPS) is 11.0. The van der Waals surface area contributed by atoms with E-state index in [0.29, 0.717) is 33.4 Å². The summed E-state index contributed by atoms with van der Waals surface area (Å²) < 4.78 is 73.4. The quantitative estimate of drug-likeness (QED) is 0.0953. The Morgan fingerprint density at radius 2 is 0.875 bits per heavy atom. The standard InChI is InChI=1S/C35H28O9S2.2K/c1-45(38,39)32-20-31(44-23-25-14-18-29(19-15-25)35(37)27-10-6-3-7-11-27)33(46(40,41)42)21-30(32)43-22-24-12-16-28(17-13-24)34(36)26-8-4-2-5-9-26;;/h2-21H,22-23H2,1H3,(H,40,41,42);;/q;2*+1/p-1. The first-order chi connectivity index (χ1) is 21.9.